The Kier molecular flexibility index (Phi) is 14.5. The van der Waals surface area contributed by atoms with Crippen LogP contribution in [0.2, 0.25) is 0 Å². The number of aliphatic hydroxyl groups excluding tert-OH is 1. The minimum Gasteiger partial charge on any atom is -0.389 e. The molecule has 0 aromatic carbocycles. The maximum Gasteiger partial charge on any atom is 0.177 e. The van der Waals surface area contributed by atoms with Gasteiger partial charge in [-0.1, -0.05) is 68.7 Å². The van der Waals surface area contributed by atoms with Crippen LogP contribution in [0.4, 0.5) is 0 Å². The molecule has 1 atom stereocenters. The number of carbonyl (C=O) groups is 1. The standard InChI is InChI=1S/C13H26NO2PS.C10H22/c1-10(2)11(16)12(3,4)8-17(18)9-14-13(5,6)7-15;1-6-7-10(4,5)8-9(2)3/h9-10,15,18H,7-8H2,1-6H3;9H,6-8H2,1-5H3/p+1. The molecule has 28 heavy (non-hydrogen) atoms. The molecule has 0 aromatic heterocycles. The van der Waals surface area contributed by atoms with Crippen LogP contribution in [0.25, 0.3) is 0 Å². The highest BCUT2D eigenvalue weighted by molar-refractivity contribution is 8.50. The van der Waals surface area contributed by atoms with Crippen molar-refractivity contribution in [1.82, 2.24) is 0 Å². The van der Waals surface area contributed by atoms with E-state index in [0.717, 1.165) is 12.1 Å². The summed E-state index contributed by atoms with van der Waals surface area (Å²) in [7, 11) is -0.669. The highest BCUT2D eigenvalue weighted by atomic mass is 32.7. The van der Waals surface area contributed by atoms with Crippen LogP contribution in [0.15, 0.2) is 0 Å². The quantitative estimate of drug-likeness (QED) is 0.235. The van der Waals surface area contributed by atoms with Crippen molar-refractivity contribution < 1.29 is 14.9 Å². The zero-order valence-corrected chi connectivity index (χ0v) is 22.3. The summed E-state index contributed by atoms with van der Waals surface area (Å²) in [5.41, 5.74) is -0.110. The summed E-state index contributed by atoms with van der Waals surface area (Å²) in [5, 5.41) is 9.15. The largest absolute Gasteiger partial charge is 0.389 e. The fourth-order valence-electron chi connectivity index (χ4n) is 3.49. The van der Waals surface area contributed by atoms with Crippen LogP contribution in [0.3, 0.4) is 0 Å². The van der Waals surface area contributed by atoms with E-state index in [0.29, 0.717) is 5.41 Å². The van der Waals surface area contributed by atoms with E-state index in [9.17, 15) is 4.79 Å². The van der Waals surface area contributed by atoms with Crippen LogP contribution in [-0.2, 0) is 4.79 Å². The summed E-state index contributed by atoms with van der Waals surface area (Å²) >= 11 is 4.55. The number of nitrogens with one attached hydrogen (secondary N) is 1. The lowest BCUT2D eigenvalue weighted by molar-refractivity contribution is -0.541. The van der Waals surface area contributed by atoms with E-state index in [1.165, 1.54) is 19.3 Å². The molecule has 0 aliphatic rings. The third kappa shape index (κ3) is 15.0. The van der Waals surface area contributed by atoms with Gasteiger partial charge in [-0.05, 0) is 30.3 Å². The van der Waals surface area contributed by atoms with Gasteiger partial charge in [0.15, 0.2) is 11.5 Å². The van der Waals surface area contributed by atoms with Crippen molar-refractivity contribution in [1.29, 1.82) is 0 Å². The number of thiol groups is 1. The summed E-state index contributed by atoms with van der Waals surface area (Å²) in [5.74, 6) is 3.10. The Morgan fingerprint density at radius 3 is 1.96 bits per heavy atom. The molecule has 0 spiro atoms. The zero-order chi connectivity index (χ0) is 22.8. The summed E-state index contributed by atoms with van der Waals surface area (Å²) in [6.45, 7) is 23.3. The van der Waals surface area contributed by atoms with Crippen LogP contribution >= 0.6 is 19.4 Å². The van der Waals surface area contributed by atoms with Gasteiger partial charge in [0.05, 0.1) is 0 Å². The van der Waals surface area contributed by atoms with Crippen molar-refractivity contribution in [3.63, 3.8) is 0 Å². The highest BCUT2D eigenvalue weighted by Gasteiger charge is 2.32. The van der Waals surface area contributed by atoms with Gasteiger partial charge in [-0.3, -0.25) is 4.79 Å². The third-order valence-corrected chi connectivity index (χ3v) is 6.95. The fraction of sp³-hybridized carbons (Fsp3) is 0.913. The molecule has 0 aromatic rings. The van der Waals surface area contributed by atoms with Crippen molar-refractivity contribution in [3.8, 4) is 0 Å². The van der Waals surface area contributed by atoms with E-state index in [2.05, 4.69) is 51.9 Å². The molecule has 2 N–H and O–H groups in total. The Morgan fingerprint density at radius 2 is 1.61 bits per heavy atom. The van der Waals surface area contributed by atoms with Crippen molar-refractivity contribution in [2.75, 3.05) is 12.8 Å². The van der Waals surface area contributed by atoms with E-state index >= 15 is 0 Å². The molecule has 0 saturated carbocycles. The van der Waals surface area contributed by atoms with Crippen LogP contribution in [0, 0.1) is 22.7 Å². The van der Waals surface area contributed by atoms with Gasteiger partial charge in [0, 0.05) is 32.3 Å². The topological polar surface area (TPSA) is 51.3 Å². The van der Waals surface area contributed by atoms with Gasteiger partial charge in [-0.2, -0.15) is 0 Å². The predicted molar refractivity (Wildman–Crippen MR) is 131 cm³/mol. The molecule has 0 amide bonds. The van der Waals surface area contributed by atoms with E-state index < -0.39 is 7.12 Å². The van der Waals surface area contributed by atoms with Crippen molar-refractivity contribution >= 4 is 31.1 Å². The molecule has 1 unspecified atom stereocenters. The second-order valence-electron chi connectivity index (χ2n) is 10.8. The Bertz CT molecular complexity index is 471. The number of carbonyl (C=O) groups excluding carboxylic acids is 1. The normalized spacial score (nSPS) is 14.4. The second-order valence-corrected chi connectivity index (χ2v) is 13.8. The van der Waals surface area contributed by atoms with Gasteiger partial charge < -0.3 is 5.11 Å². The first-order valence-electron chi connectivity index (χ1n) is 10.7. The van der Waals surface area contributed by atoms with Crippen LogP contribution in [0.5, 0.6) is 0 Å². The Balaban J connectivity index is 0. The first-order chi connectivity index (χ1) is 12.5. The zero-order valence-electron chi connectivity index (χ0n) is 20.5. The summed E-state index contributed by atoms with van der Waals surface area (Å²) < 4.78 is 0. The van der Waals surface area contributed by atoms with Crippen molar-refractivity contribution in [3.05, 3.63) is 0 Å². The van der Waals surface area contributed by atoms with E-state index in [1.54, 1.807) is 0 Å². The van der Waals surface area contributed by atoms with Gasteiger partial charge in [-0.25, -0.2) is 4.99 Å². The predicted octanol–water partition coefficient (Wildman–Crippen LogP) is 5.30. The van der Waals surface area contributed by atoms with Gasteiger partial charge in [0.25, 0.3) is 0 Å². The van der Waals surface area contributed by atoms with Gasteiger partial charge in [0.2, 0.25) is 0 Å². The van der Waals surface area contributed by atoms with Crippen LogP contribution in [-0.4, -0.2) is 35.2 Å². The number of hydrogen-bond acceptors (Lipinski definition) is 3. The smallest absolute Gasteiger partial charge is 0.177 e. The lowest BCUT2D eigenvalue weighted by Crippen LogP contribution is -2.84. The Hall–Kier alpha value is 0.0800. The molecular weight excluding hydrogens is 385 g/mol. The first kappa shape index (κ1) is 30.3. The number of aliphatic hydroxyl groups is 1. The van der Waals surface area contributed by atoms with E-state index in [-0.39, 0.29) is 29.3 Å². The second kappa shape index (κ2) is 13.4. The highest BCUT2D eigenvalue weighted by Crippen LogP contribution is 2.43. The lowest BCUT2D eigenvalue weighted by atomic mass is 9.80. The third-order valence-electron chi connectivity index (χ3n) is 4.64. The molecule has 0 rings (SSSR count). The first-order valence-corrected chi connectivity index (χ1v) is 13.5. The number of hydrogen-bond donors (Lipinski definition) is 3. The molecular formula is C23H49NO2PS+. The molecule has 0 saturated heterocycles. The minimum atomic E-state index is -0.669. The molecule has 0 heterocycles. The van der Waals surface area contributed by atoms with Gasteiger partial charge in [0.1, 0.15) is 12.4 Å². The van der Waals surface area contributed by atoms with Gasteiger partial charge in [-0.15, -0.1) is 12.2 Å². The molecule has 0 aliphatic heterocycles. The van der Waals surface area contributed by atoms with Crippen LogP contribution in [0.1, 0.15) is 95.4 Å². The summed E-state index contributed by atoms with van der Waals surface area (Å²) in [6.07, 6.45) is 4.79. The number of ketones is 1. The molecule has 3 nitrogen and oxygen atoms in total. The van der Waals surface area contributed by atoms with Crippen LogP contribution < -0.4 is 4.99 Å². The van der Waals surface area contributed by atoms with E-state index in [4.69, 9.17) is 5.11 Å². The summed E-state index contributed by atoms with van der Waals surface area (Å²) in [6, 6.07) is 0. The maximum absolute atomic E-state index is 12.1. The number of rotatable bonds is 11. The number of Topliss-reactive ketones (excluding diaryl/α,β-unsaturated/α-hetero) is 1. The summed E-state index contributed by atoms with van der Waals surface area (Å²) in [4.78, 5) is 15.2. The van der Waals surface area contributed by atoms with Crippen molar-refractivity contribution in [2.45, 2.75) is 101 Å². The minimum absolute atomic E-state index is 0.0542. The average Bonchev–Trinajstić information content (AvgIpc) is 2.51. The SMILES string of the molecule is CC(C)C(=O)C(C)(C)CP(S)C=[NH+]C(C)(C)CO.CCCC(C)(C)CC(C)C. The van der Waals surface area contributed by atoms with E-state index in [1.807, 2.05) is 47.5 Å². The molecule has 0 radical (unpaired) electrons. The Labute approximate surface area is 182 Å². The average molecular weight is 435 g/mol. The fourth-order valence-corrected chi connectivity index (χ4v) is 6.28. The monoisotopic (exact) mass is 434 g/mol. The molecule has 5 heteroatoms. The lowest BCUT2D eigenvalue weighted by Gasteiger charge is -2.26. The molecule has 0 aliphatic carbocycles. The molecule has 0 bridgehead atoms. The van der Waals surface area contributed by atoms with Crippen molar-refractivity contribution in [2.24, 2.45) is 22.7 Å². The molecule has 0 fully saturated rings. The molecule has 168 valence electrons. The van der Waals surface area contributed by atoms with Gasteiger partial charge >= 0.3 is 0 Å². The maximum atomic E-state index is 12.1. The Morgan fingerprint density at radius 1 is 1.11 bits per heavy atom.